The molecule has 1 N–H and O–H groups in total. The first-order valence-corrected chi connectivity index (χ1v) is 6.01. The Morgan fingerprint density at radius 2 is 1.81 bits per heavy atom. The van der Waals surface area contributed by atoms with Gasteiger partial charge in [-0.15, -0.1) is 0 Å². The van der Waals surface area contributed by atoms with Gasteiger partial charge in [0.25, 0.3) is 0 Å². The molecule has 0 bridgehead atoms. The van der Waals surface area contributed by atoms with Crippen LogP contribution in [0, 0.1) is 0 Å². The molecule has 2 heteroatoms. The van der Waals surface area contributed by atoms with Gasteiger partial charge < -0.3 is 10.0 Å². The average molecular weight is 221 g/mol. The minimum Gasteiger partial charge on any atom is -0.392 e. The lowest BCUT2D eigenvalue weighted by Crippen LogP contribution is -2.28. The van der Waals surface area contributed by atoms with Crippen molar-refractivity contribution in [2.24, 2.45) is 0 Å². The van der Waals surface area contributed by atoms with Gasteiger partial charge in [-0.05, 0) is 38.4 Å². The van der Waals surface area contributed by atoms with Crippen molar-refractivity contribution in [1.29, 1.82) is 0 Å². The molecular formula is C14H23NO. The largest absolute Gasteiger partial charge is 0.392 e. The van der Waals surface area contributed by atoms with Gasteiger partial charge in [-0.25, -0.2) is 0 Å². The van der Waals surface area contributed by atoms with E-state index in [1.54, 1.807) is 0 Å². The van der Waals surface area contributed by atoms with E-state index in [0.717, 1.165) is 19.5 Å². The molecule has 0 aliphatic heterocycles. The van der Waals surface area contributed by atoms with Crippen LogP contribution < -0.4 is 0 Å². The maximum Gasteiger partial charge on any atom is 0.0638 e. The van der Waals surface area contributed by atoms with Gasteiger partial charge >= 0.3 is 0 Å². The number of nitrogens with zero attached hydrogens (tertiary/aromatic N) is 1. The number of benzene rings is 1. The molecule has 0 aromatic heterocycles. The third-order valence-electron chi connectivity index (χ3n) is 2.89. The van der Waals surface area contributed by atoms with Crippen molar-refractivity contribution in [3.8, 4) is 0 Å². The molecule has 90 valence electrons. The van der Waals surface area contributed by atoms with Crippen molar-refractivity contribution in [1.82, 2.24) is 4.90 Å². The summed E-state index contributed by atoms with van der Waals surface area (Å²) in [6.07, 6.45) is 0.893. The van der Waals surface area contributed by atoms with E-state index in [1.807, 2.05) is 6.92 Å². The molecule has 1 aromatic carbocycles. The van der Waals surface area contributed by atoms with Crippen LogP contribution in [0.15, 0.2) is 30.3 Å². The molecule has 1 aromatic rings. The quantitative estimate of drug-likeness (QED) is 0.798. The summed E-state index contributed by atoms with van der Waals surface area (Å²) in [5.74, 6) is 0.581. The van der Waals surface area contributed by atoms with Gasteiger partial charge in [-0.3, -0.25) is 0 Å². The Labute approximate surface area is 98.9 Å². The van der Waals surface area contributed by atoms with Crippen molar-refractivity contribution in [2.45, 2.75) is 32.3 Å². The van der Waals surface area contributed by atoms with Crippen LogP contribution in [0.3, 0.4) is 0 Å². The van der Waals surface area contributed by atoms with Crippen LogP contribution in [0.1, 0.15) is 31.7 Å². The molecule has 16 heavy (non-hydrogen) atoms. The molecule has 1 rings (SSSR count). The fraction of sp³-hybridized carbons (Fsp3) is 0.571. The number of hydrogen-bond acceptors (Lipinski definition) is 2. The Hall–Kier alpha value is -0.860. The van der Waals surface area contributed by atoms with Crippen molar-refractivity contribution in [3.63, 3.8) is 0 Å². The Morgan fingerprint density at radius 1 is 1.19 bits per heavy atom. The maximum atomic E-state index is 9.26. The van der Waals surface area contributed by atoms with Gasteiger partial charge in [0.2, 0.25) is 0 Å². The highest BCUT2D eigenvalue weighted by Crippen LogP contribution is 2.18. The zero-order valence-corrected chi connectivity index (χ0v) is 10.6. The number of aliphatic hydroxyl groups is 1. The molecule has 0 radical (unpaired) electrons. The molecule has 2 unspecified atom stereocenters. The van der Waals surface area contributed by atoms with E-state index in [1.165, 1.54) is 5.56 Å². The molecule has 0 fully saturated rings. The van der Waals surface area contributed by atoms with Gasteiger partial charge in [0.05, 0.1) is 6.10 Å². The van der Waals surface area contributed by atoms with E-state index in [9.17, 15) is 5.11 Å². The summed E-state index contributed by atoms with van der Waals surface area (Å²) in [4.78, 5) is 2.18. The third-order valence-corrected chi connectivity index (χ3v) is 2.89. The highest BCUT2D eigenvalue weighted by Gasteiger charge is 2.07. The van der Waals surface area contributed by atoms with Gasteiger partial charge in [0, 0.05) is 6.54 Å². The summed E-state index contributed by atoms with van der Waals surface area (Å²) in [6.45, 7) is 5.87. The summed E-state index contributed by atoms with van der Waals surface area (Å²) in [5.41, 5.74) is 1.40. The van der Waals surface area contributed by atoms with Crippen LogP contribution in [0.25, 0.3) is 0 Å². The number of likely N-dealkylation sites (N-methyl/N-ethyl adjacent to an activating group) is 1. The lowest BCUT2D eigenvalue weighted by Gasteiger charge is -2.20. The highest BCUT2D eigenvalue weighted by molar-refractivity contribution is 5.18. The standard InChI is InChI=1S/C14H23NO/c1-12(14-7-5-4-6-8-14)9-10-15(3)11-13(2)16/h4-8,12-13,16H,9-11H2,1-3H3. The Balaban J connectivity index is 2.33. The lowest BCUT2D eigenvalue weighted by atomic mass is 9.98. The number of aliphatic hydroxyl groups excluding tert-OH is 1. The molecule has 0 spiro atoms. The van der Waals surface area contributed by atoms with Crippen LogP contribution in [-0.2, 0) is 0 Å². The Kier molecular flexibility index (Phi) is 5.50. The summed E-state index contributed by atoms with van der Waals surface area (Å²) >= 11 is 0. The molecule has 0 saturated heterocycles. The minimum absolute atomic E-state index is 0.239. The van der Waals surface area contributed by atoms with Crippen LogP contribution in [0.5, 0.6) is 0 Å². The van der Waals surface area contributed by atoms with Crippen molar-refractivity contribution in [3.05, 3.63) is 35.9 Å². The zero-order chi connectivity index (χ0) is 12.0. The Morgan fingerprint density at radius 3 is 2.38 bits per heavy atom. The summed E-state index contributed by atoms with van der Waals surface area (Å²) < 4.78 is 0. The van der Waals surface area contributed by atoms with Gasteiger partial charge in [-0.2, -0.15) is 0 Å². The minimum atomic E-state index is -0.239. The van der Waals surface area contributed by atoms with Crippen LogP contribution in [0.4, 0.5) is 0 Å². The van der Waals surface area contributed by atoms with Crippen molar-refractivity contribution in [2.75, 3.05) is 20.1 Å². The first-order valence-electron chi connectivity index (χ1n) is 6.01. The molecule has 2 nitrogen and oxygen atoms in total. The van der Waals surface area contributed by atoms with E-state index in [0.29, 0.717) is 5.92 Å². The fourth-order valence-electron chi connectivity index (χ4n) is 1.90. The van der Waals surface area contributed by atoms with E-state index in [-0.39, 0.29) is 6.10 Å². The summed E-state index contributed by atoms with van der Waals surface area (Å²) in [7, 11) is 2.06. The zero-order valence-electron chi connectivity index (χ0n) is 10.6. The molecule has 0 heterocycles. The smallest absolute Gasteiger partial charge is 0.0638 e. The average Bonchev–Trinajstić information content (AvgIpc) is 2.26. The highest BCUT2D eigenvalue weighted by atomic mass is 16.3. The lowest BCUT2D eigenvalue weighted by molar-refractivity contribution is 0.140. The second-order valence-electron chi connectivity index (χ2n) is 4.71. The van der Waals surface area contributed by atoms with Crippen LogP contribution >= 0.6 is 0 Å². The molecule has 0 aliphatic rings. The van der Waals surface area contributed by atoms with E-state index in [2.05, 4.69) is 49.2 Å². The molecule has 2 atom stereocenters. The monoisotopic (exact) mass is 221 g/mol. The first kappa shape index (κ1) is 13.2. The number of hydrogen-bond donors (Lipinski definition) is 1. The predicted octanol–water partition coefficient (Wildman–Crippen LogP) is 2.49. The molecule has 0 aliphatic carbocycles. The maximum absolute atomic E-state index is 9.26. The molecule has 0 saturated carbocycles. The number of rotatable bonds is 6. The molecule has 0 amide bonds. The van der Waals surface area contributed by atoms with Crippen LogP contribution in [-0.4, -0.2) is 36.2 Å². The van der Waals surface area contributed by atoms with Crippen molar-refractivity contribution < 1.29 is 5.11 Å². The van der Waals surface area contributed by atoms with Crippen LogP contribution in [0.2, 0.25) is 0 Å². The van der Waals surface area contributed by atoms with E-state index < -0.39 is 0 Å². The molecular weight excluding hydrogens is 198 g/mol. The summed E-state index contributed by atoms with van der Waals surface area (Å²) in [5, 5.41) is 9.26. The van der Waals surface area contributed by atoms with Gasteiger partial charge in [-0.1, -0.05) is 37.3 Å². The Bertz CT molecular complexity index is 284. The summed E-state index contributed by atoms with van der Waals surface area (Å²) in [6, 6.07) is 10.6. The van der Waals surface area contributed by atoms with Gasteiger partial charge in [0.1, 0.15) is 0 Å². The SMILES string of the molecule is CC(O)CN(C)CCC(C)c1ccccc1. The first-order chi connectivity index (χ1) is 7.59. The van der Waals surface area contributed by atoms with Crippen molar-refractivity contribution >= 4 is 0 Å². The second kappa shape index (κ2) is 6.66. The second-order valence-corrected chi connectivity index (χ2v) is 4.71. The topological polar surface area (TPSA) is 23.5 Å². The fourth-order valence-corrected chi connectivity index (χ4v) is 1.90. The normalized spacial score (nSPS) is 15.1. The van der Waals surface area contributed by atoms with E-state index >= 15 is 0 Å². The third kappa shape index (κ3) is 4.77. The predicted molar refractivity (Wildman–Crippen MR) is 68.7 cm³/mol. The van der Waals surface area contributed by atoms with E-state index in [4.69, 9.17) is 0 Å². The van der Waals surface area contributed by atoms with Gasteiger partial charge in [0.15, 0.2) is 0 Å².